The average molecular weight is 484 g/mol. The van der Waals surface area contributed by atoms with Gasteiger partial charge in [-0.2, -0.15) is 9.41 Å². The van der Waals surface area contributed by atoms with Crippen LogP contribution in [-0.2, 0) is 14.8 Å². The molecule has 1 aliphatic rings. The number of carbonyl (C=O) groups is 1. The number of amides is 1. The van der Waals surface area contributed by atoms with Crippen molar-refractivity contribution < 1.29 is 22.5 Å². The van der Waals surface area contributed by atoms with Crippen LogP contribution in [0.5, 0.6) is 0 Å². The van der Waals surface area contributed by atoms with Crippen LogP contribution in [-0.4, -0.2) is 57.6 Å². The summed E-state index contributed by atoms with van der Waals surface area (Å²) >= 11 is 3.30. The van der Waals surface area contributed by atoms with Gasteiger partial charge in [0.05, 0.1) is 37.3 Å². The van der Waals surface area contributed by atoms with E-state index in [1.54, 1.807) is 36.4 Å². The molecular formula is C19H21BrFN4O3S+. The third-order valence-corrected chi connectivity index (χ3v) is 6.98. The van der Waals surface area contributed by atoms with Crippen molar-refractivity contribution in [3.05, 3.63) is 64.4 Å². The molecule has 1 fully saturated rings. The molecule has 1 amide bonds. The Hall–Kier alpha value is -2.14. The van der Waals surface area contributed by atoms with Gasteiger partial charge >= 0.3 is 0 Å². The van der Waals surface area contributed by atoms with Gasteiger partial charge in [-0.05, 0) is 42.0 Å². The number of hydrogen-bond donors (Lipinski definition) is 2. The van der Waals surface area contributed by atoms with Crippen LogP contribution in [0, 0.1) is 5.82 Å². The van der Waals surface area contributed by atoms with Gasteiger partial charge in [-0.15, -0.1) is 0 Å². The summed E-state index contributed by atoms with van der Waals surface area (Å²) in [6.07, 6.45) is 1.37. The smallest absolute Gasteiger partial charge is 0.295 e. The van der Waals surface area contributed by atoms with Gasteiger partial charge < -0.3 is 4.90 Å². The van der Waals surface area contributed by atoms with Crippen LogP contribution < -0.4 is 10.3 Å². The monoisotopic (exact) mass is 483 g/mol. The van der Waals surface area contributed by atoms with Crippen molar-refractivity contribution in [2.75, 3.05) is 32.7 Å². The van der Waals surface area contributed by atoms with Gasteiger partial charge in [0.1, 0.15) is 5.82 Å². The van der Waals surface area contributed by atoms with Gasteiger partial charge in [0.15, 0.2) is 6.54 Å². The minimum absolute atomic E-state index is 0.187. The Bertz CT molecular complexity index is 991. The van der Waals surface area contributed by atoms with E-state index in [1.165, 1.54) is 22.7 Å². The van der Waals surface area contributed by atoms with Crippen LogP contribution in [0.15, 0.2) is 63.0 Å². The van der Waals surface area contributed by atoms with E-state index in [0.29, 0.717) is 31.7 Å². The molecule has 0 aromatic heterocycles. The molecule has 2 aromatic rings. The standard InChI is InChI=1S/C19H20BrFN4O3S/c20-16-4-6-18(7-5-16)29(27,28)25-10-8-24(9-11-25)14-19(26)23-22-13-15-2-1-3-17(21)12-15/h1-7,12-13H,8-11,14H2,(H,23,26)/p+1/b22-13-. The first-order valence-electron chi connectivity index (χ1n) is 9.01. The van der Waals surface area contributed by atoms with Gasteiger partial charge in [0.25, 0.3) is 5.91 Å². The number of benzene rings is 2. The lowest BCUT2D eigenvalue weighted by Crippen LogP contribution is -3.15. The lowest BCUT2D eigenvalue weighted by Gasteiger charge is -2.31. The van der Waals surface area contributed by atoms with Crippen molar-refractivity contribution in [2.24, 2.45) is 5.10 Å². The molecule has 3 rings (SSSR count). The zero-order valence-corrected chi connectivity index (χ0v) is 17.9. The van der Waals surface area contributed by atoms with E-state index < -0.39 is 10.0 Å². The summed E-state index contributed by atoms with van der Waals surface area (Å²) in [5.41, 5.74) is 2.97. The number of nitrogens with zero attached hydrogens (tertiary/aromatic N) is 2. The highest BCUT2D eigenvalue weighted by Crippen LogP contribution is 2.18. The molecule has 1 saturated heterocycles. The fourth-order valence-corrected chi connectivity index (χ4v) is 4.71. The van der Waals surface area contributed by atoms with E-state index in [4.69, 9.17) is 0 Å². The summed E-state index contributed by atoms with van der Waals surface area (Å²) in [5.74, 6) is -0.655. The molecule has 1 heterocycles. The minimum atomic E-state index is -3.53. The third-order valence-electron chi connectivity index (χ3n) is 4.54. The van der Waals surface area contributed by atoms with Gasteiger partial charge in [-0.25, -0.2) is 18.2 Å². The normalized spacial score (nSPS) is 16.2. The first-order chi connectivity index (χ1) is 13.8. The number of halogens is 2. The first-order valence-corrected chi connectivity index (χ1v) is 11.2. The quantitative estimate of drug-likeness (QED) is 0.466. The second-order valence-electron chi connectivity index (χ2n) is 6.63. The number of sulfonamides is 1. The van der Waals surface area contributed by atoms with Crippen LogP contribution in [0.25, 0.3) is 0 Å². The summed E-state index contributed by atoms with van der Waals surface area (Å²) in [6.45, 7) is 1.92. The summed E-state index contributed by atoms with van der Waals surface area (Å²) in [4.78, 5) is 13.3. The minimum Gasteiger partial charge on any atom is -0.325 e. The molecule has 0 atom stereocenters. The molecule has 2 N–H and O–H groups in total. The highest BCUT2D eigenvalue weighted by atomic mass is 79.9. The Balaban J connectivity index is 1.48. The van der Waals surface area contributed by atoms with E-state index in [2.05, 4.69) is 26.5 Å². The predicted molar refractivity (Wildman–Crippen MR) is 111 cm³/mol. The summed E-state index contributed by atoms with van der Waals surface area (Å²) in [5, 5.41) is 3.83. The van der Waals surface area contributed by atoms with Crippen molar-refractivity contribution in [2.45, 2.75) is 4.90 Å². The maximum atomic E-state index is 13.1. The number of rotatable bonds is 6. The Morgan fingerprint density at radius 2 is 1.90 bits per heavy atom. The maximum Gasteiger partial charge on any atom is 0.295 e. The highest BCUT2D eigenvalue weighted by molar-refractivity contribution is 9.10. The molecule has 0 aliphatic carbocycles. The van der Waals surface area contributed by atoms with Crippen LogP contribution in [0.4, 0.5) is 4.39 Å². The summed E-state index contributed by atoms with van der Waals surface area (Å²) in [7, 11) is -3.53. The second-order valence-corrected chi connectivity index (χ2v) is 9.49. The van der Waals surface area contributed by atoms with E-state index in [-0.39, 0.29) is 23.2 Å². The van der Waals surface area contributed by atoms with E-state index in [1.807, 2.05) is 0 Å². The molecule has 2 aromatic carbocycles. The van der Waals surface area contributed by atoms with Gasteiger partial charge in [0, 0.05) is 4.47 Å². The lowest BCUT2D eigenvalue weighted by atomic mass is 10.2. The highest BCUT2D eigenvalue weighted by Gasteiger charge is 2.31. The summed E-state index contributed by atoms with van der Waals surface area (Å²) < 4.78 is 40.8. The molecular weight excluding hydrogens is 463 g/mol. The number of hydrogen-bond acceptors (Lipinski definition) is 4. The number of carbonyl (C=O) groups excluding carboxylic acids is 1. The van der Waals surface area contributed by atoms with Gasteiger partial charge in [-0.1, -0.05) is 28.1 Å². The molecule has 10 heteroatoms. The van der Waals surface area contributed by atoms with Gasteiger partial charge in [0.2, 0.25) is 10.0 Å². The van der Waals surface area contributed by atoms with Crippen molar-refractivity contribution in [1.82, 2.24) is 9.73 Å². The molecule has 0 saturated carbocycles. The summed E-state index contributed by atoms with van der Waals surface area (Å²) in [6, 6.07) is 12.4. The second kappa shape index (κ2) is 9.57. The number of hydrazone groups is 1. The Kier molecular flexibility index (Phi) is 7.12. The molecule has 0 spiro atoms. The Morgan fingerprint density at radius 3 is 2.55 bits per heavy atom. The Morgan fingerprint density at radius 1 is 1.21 bits per heavy atom. The fourth-order valence-electron chi connectivity index (χ4n) is 3.01. The topological polar surface area (TPSA) is 83.3 Å². The molecule has 1 aliphatic heterocycles. The maximum absolute atomic E-state index is 13.1. The first kappa shape index (κ1) is 21.6. The van der Waals surface area contributed by atoms with Crippen molar-refractivity contribution in [3.8, 4) is 0 Å². The third kappa shape index (κ3) is 5.92. The Labute approximate surface area is 177 Å². The van der Waals surface area contributed by atoms with Crippen molar-refractivity contribution in [3.63, 3.8) is 0 Å². The zero-order chi connectivity index (χ0) is 20.9. The number of piperazine rings is 1. The molecule has 0 radical (unpaired) electrons. The predicted octanol–water partition coefficient (Wildman–Crippen LogP) is 0.628. The average Bonchev–Trinajstić information content (AvgIpc) is 2.69. The molecule has 7 nitrogen and oxygen atoms in total. The van der Waals surface area contributed by atoms with Crippen molar-refractivity contribution >= 4 is 38.1 Å². The van der Waals surface area contributed by atoms with Crippen LogP contribution in [0.2, 0.25) is 0 Å². The molecule has 154 valence electrons. The van der Waals surface area contributed by atoms with E-state index >= 15 is 0 Å². The van der Waals surface area contributed by atoms with Gasteiger partial charge in [-0.3, -0.25) is 4.79 Å². The van der Waals surface area contributed by atoms with Crippen LogP contribution in [0.1, 0.15) is 5.56 Å². The zero-order valence-electron chi connectivity index (χ0n) is 15.5. The van der Waals surface area contributed by atoms with Crippen LogP contribution >= 0.6 is 15.9 Å². The number of quaternary nitrogens is 1. The van der Waals surface area contributed by atoms with E-state index in [9.17, 15) is 17.6 Å². The van der Waals surface area contributed by atoms with Crippen LogP contribution in [0.3, 0.4) is 0 Å². The lowest BCUT2D eigenvalue weighted by molar-refractivity contribution is -0.895. The number of nitrogens with one attached hydrogen (secondary N) is 2. The molecule has 0 unspecified atom stereocenters. The largest absolute Gasteiger partial charge is 0.325 e. The van der Waals surface area contributed by atoms with E-state index in [0.717, 1.165) is 9.37 Å². The molecule has 0 bridgehead atoms. The SMILES string of the molecule is O=C(C[NH+]1CCN(S(=O)(=O)c2ccc(Br)cc2)CC1)N/N=C\c1cccc(F)c1. The van der Waals surface area contributed by atoms with Crippen molar-refractivity contribution in [1.29, 1.82) is 0 Å². The fraction of sp³-hybridized carbons (Fsp3) is 0.263. The molecule has 29 heavy (non-hydrogen) atoms.